The summed E-state index contributed by atoms with van der Waals surface area (Å²) in [6, 6.07) is 1.06. The molecule has 172 valence electrons. The molecular weight excluding hydrogens is 431 g/mol. The van der Waals surface area contributed by atoms with E-state index in [2.05, 4.69) is 0 Å². The molecule has 3 heterocycles. The Morgan fingerprint density at radius 2 is 1.71 bits per heavy atom. The van der Waals surface area contributed by atoms with Crippen LogP contribution in [-0.2, 0) is 26.9 Å². The number of nitrogens with zero attached hydrogens (tertiary/aromatic N) is 2. The van der Waals surface area contributed by atoms with Crippen molar-refractivity contribution >= 4 is 16.9 Å². The van der Waals surface area contributed by atoms with Crippen LogP contribution in [0.2, 0.25) is 0 Å². The molecule has 4 atom stereocenters. The second-order valence-electron chi connectivity index (χ2n) is 8.65. The van der Waals surface area contributed by atoms with E-state index >= 15 is 0 Å². The molecule has 0 radical (unpaired) electrons. The van der Waals surface area contributed by atoms with E-state index in [0.29, 0.717) is 45.2 Å². The van der Waals surface area contributed by atoms with Crippen molar-refractivity contribution in [2.24, 2.45) is 11.7 Å². The lowest BCUT2D eigenvalue weighted by Gasteiger charge is -2.41. The third-order valence-corrected chi connectivity index (χ3v) is 8.15. The van der Waals surface area contributed by atoms with E-state index in [0.717, 1.165) is 18.9 Å². The van der Waals surface area contributed by atoms with Gasteiger partial charge in [0.05, 0.1) is 13.2 Å². The minimum absolute atomic E-state index is 0.0240. The van der Waals surface area contributed by atoms with Gasteiger partial charge in [-0.1, -0.05) is 0 Å². The van der Waals surface area contributed by atoms with Crippen molar-refractivity contribution in [1.82, 2.24) is 9.21 Å². The Morgan fingerprint density at radius 1 is 1.10 bits per heavy atom. The maximum absolute atomic E-state index is 14.0. The number of rotatable bonds is 6. The lowest BCUT2D eigenvalue weighted by atomic mass is 9.82. The van der Waals surface area contributed by atoms with E-state index in [9.17, 15) is 22.2 Å². The van der Waals surface area contributed by atoms with Gasteiger partial charge in [-0.05, 0) is 49.7 Å². The van der Waals surface area contributed by atoms with Gasteiger partial charge in [-0.2, -0.15) is 0 Å². The Balaban J connectivity index is 1.35. The number of fused-ring (bicyclic) bond motifs is 2. The smallest absolute Gasteiger partial charge is 0.237 e. The van der Waals surface area contributed by atoms with E-state index in [1.54, 1.807) is 4.31 Å². The lowest BCUT2D eigenvalue weighted by Crippen LogP contribution is -2.52. The number of carbonyl (C=O) groups is 1. The molecule has 6 nitrogen and oxygen atoms in total. The highest BCUT2D eigenvalue weighted by Crippen LogP contribution is 2.40. The van der Waals surface area contributed by atoms with Gasteiger partial charge >= 0.3 is 0 Å². The quantitative estimate of drug-likeness (QED) is 0.658. The first kappa shape index (κ1) is 22.7. The minimum Gasteiger partial charge on any atom is -0.379 e. The van der Waals surface area contributed by atoms with Gasteiger partial charge in [0.15, 0.2) is 11.6 Å². The summed E-state index contributed by atoms with van der Waals surface area (Å²) < 4.78 is 60.3. The predicted octanol–water partition coefficient (Wildman–Crippen LogP) is 1.74. The van der Waals surface area contributed by atoms with Crippen LogP contribution in [0.1, 0.15) is 31.2 Å². The van der Waals surface area contributed by atoms with Crippen molar-refractivity contribution < 1.29 is 26.9 Å². The average Bonchev–Trinajstić information content (AvgIpc) is 3.02. The number of hydrogen-bond donors (Lipinski definition) is 1. The van der Waals surface area contributed by atoms with Crippen molar-refractivity contribution in [2.45, 2.75) is 50.2 Å². The van der Waals surface area contributed by atoms with Crippen LogP contribution in [0.25, 0.3) is 0 Å². The molecule has 0 saturated carbocycles. The van der Waals surface area contributed by atoms with Crippen LogP contribution in [0.3, 0.4) is 0 Å². The number of morpholine rings is 1. The fourth-order valence-electron chi connectivity index (χ4n) is 5.14. The summed E-state index contributed by atoms with van der Waals surface area (Å²) in [7, 11) is -1.36. The lowest BCUT2D eigenvalue weighted by molar-refractivity contribution is -0.133. The summed E-state index contributed by atoms with van der Waals surface area (Å²) in [4.78, 5) is 14.8. The van der Waals surface area contributed by atoms with E-state index in [4.69, 9.17) is 10.5 Å². The highest BCUT2D eigenvalue weighted by Gasteiger charge is 2.45. The highest BCUT2D eigenvalue weighted by atomic mass is 32.2. The predicted molar refractivity (Wildman–Crippen MR) is 110 cm³/mol. The van der Waals surface area contributed by atoms with Crippen LogP contribution in [0, 0.1) is 23.4 Å². The van der Waals surface area contributed by atoms with Gasteiger partial charge in [0.25, 0.3) is 0 Å². The van der Waals surface area contributed by atoms with Crippen molar-refractivity contribution in [2.75, 3.05) is 32.1 Å². The maximum atomic E-state index is 14.0. The Bertz CT molecular complexity index is 839. The molecule has 2 N–H and O–H groups in total. The van der Waals surface area contributed by atoms with Gasteiger partial charge in [-0.25, -0.2) is 21.7 Å². The van der Waals surface area contributed by atoms with Crippen LogP contribution in [0.5, 0.6) is 0 Å². The van der Waals surface area contributed by atoms with Gasteiger partial charge in [0, 0.05) is 37.3 Å². The zero-order valence-electron chi connectivity index (χ0n) is 17.3. The standard InChI is InChI=1S/C21H28F3N3O3S/c22-17-11-19(24)18(23)9-13(17)10-20(25)14-7-15-1-2-16(8-14)27(15)21(28)12-31(29)26-3-5-30-6-4-26/h9,11,14-16,20H,1-8,10,12,25H2/t14?,15?,16?,20-,31?/m1/s1. The molecule has 1 aromatic carbocycles. The molecule has 3 fully saturated rings. The molecular formula is C21H28F3N3O3S. The number of nitrogens with two attached hydrogens (primary N) is 1. The van der Waals surface area contributed by atoms with Crippen molar-refractivity contribution in [3.05, 3.63) is 35.1 Å². The average molecular weight is 460 g/mol. The summed E-state index contributed by atoms with van der Waals surface area (Å²) >= 11 is 0. The summed E-state index contributed by atoms with van der Waals surface area (Å²) in [6.45, 7) is 2.16. The van der Waals surface area contributed by atoms with Gasteiger partial charge < -0.3 is 15.4 Å². The van der Waals surface area contributed by atoms with Crippen molar-refractivity contribution in [3.8, 4) is 0 Å². The van der Waals surface area contributed by atoms with Gasteiger partial charge in [-0.15, -0.1) is 0 Å². The number of hydrogen-bond acceptors (Lipinski definition) is 4. The minimum atomic E-state index is -1.36. The van der Waals surface area contributed by atoms with E-state index in [1.807, 2.05) is 4.90 Å². The van der Waals surface area contributed by atoms with E-state index < -0.39 is 34.5 Å². The second kappa shape index (κ2) is 9.56. The fourth-order valence-corrected chi connectivity index (χ4v) is 6.24. The molecule has 3 unspecified atom stereocenters. The normalized spacial score (nSPS) is 28.5. The summed E-state index contributed by atoms with van der Waals surface area (Å²) in [6.07, 6.45) is 3.20. The summed E-state index contributed by atoms with van der Waals surface area (Å²) in [5.41, 5.74) is 6.40. The van der Waals surface area contributed by atoms with E-state index in [-0.39, 0.29) is 41.6 Å². The molecule has 1 amide bonds. The number of halogens is 3. The number of benzene rings is 1. The Labute approximate surface area is 182 Å². The zero-order valence-corrected chi connectivity index (χ0v) is 18.1. The molecule has 1 aromatic rings. The topological polar surface area (TPSA) is 75.9 Å². The Hall–Kier alpha value is -1.49. The molecule has 31 heavy (non-hydrogen) atoms. The molecule has 3 aliphatic rings. The number of amides is 1. The fraction of sp³-hybridized carbons (Fsp3) is 0.667. The first-order valence-electron chi connectivity index (χ1n) is 10.7. The first-order chi connectivity index (χ1) is 14.8. The molecule has 0 aliphatic carbocycles. The summed E-state index contributed by atoms with van der Waals surface area (Å²) in [5.74, 6) is -3.17. The molecule has 10 heteroatoms. The zero-order chi connectivity index (χ0) is 22.1. The van der Waals surface area contributed by atoms with Gasteiger partial charge in [0.2, 0.25) is 5.91 Å². The molecule has 0 spiro atoms. The Kier molecular flexibility index (Phi) is 7.00. The third kappa shape index (κ3) is 4.97. The number of carbonyl (C=O) groups excluding carboxylic acids is 1. The van der Waals surface area contributed by atoms with Crippen LogP contribution in [0.4, 0.5) is 13.2 Å². The first-order valence-corrected chi connectivity index (χ1v) is 12.0. The molecule has 3 aliphatic heterocycles. The monoisotopic (exact) mass is 459 g/mol. The highest BCUT2D eigenvalue weighted by molar-refractivity contribution is 7.83. The van der Waals surface area contributed by atoms with Crippen LogP contribution >= 0.6 is 0 Å². The molecule has 3 saturated heterocycles. The summed E-state index contributed by atoms with van der Waals surface area (Å²) in [5, 5.41) is 0. The van der Waals surface area contributed by atoms with Crippen LogP contribution in [0.15, 0.2) is 12.1 Å². The van der Waals surface area contributed by atoms with Crippen LogP contribution < -0.4 is 5.73 Å². The van der Waals surface area contributed by atoms with Gasteiger partial charge in [-0.3, -0.25) is 4.79 Å². The Morgan fingerprint density at radius 3 is 2.35 bits per heavy atom. The van der Waals surface area contributed by atoms with E-state index in [1.165, 1.54) is 0 Å². The van der Waals surface area contributed by atoms with Crippen LogP contribution in [-0.4, -0.2) is 69.5 Å². The maximum Gasteiger partial charge on any atom is 0.237 e. The molecule has 0 aromatic heterocycles. The number of piperidine rings is 1. The SMILES string of the molecule is N[C@H](Cc1cc(F)c(F)cc1F)C1CC2CCC(C1)N2C(=O)CS(=O)N1CCOCC1. The number of ether oxygens (including phenoxy) is 1. The third-order valence-electron chi connectivity index (χ3n) is 6.71. The largest absolute Gasteiger partial charge is 0.379 e. The molecule has 2 bridgehead atoms. The van der Waals surface area contributed by atoms with Crippen molar-refractivity contribution in [1.29, 1.82) is 0 Å². The molecule has 4 rings (SSSR count). The van der Waals surface area contributed by atoms with Crippen molar-refractivity contribution in [3.63, 3.8) is 0 Å². The van der Waals surface area contributed by atoms with Gasteiger partial charge in [0.1, 0.15) is 22.6 Å². The second-order valence-corrected chi connectivity index (χ2v) is 10.1.